The number of nitrogens with zero attached hydrogens (tertiary/aromatic N) is 2. The standard InChI is InChI=1S/C14H13Br2N3O2/c1-2-19-5-3-4-10(19)8-17-18-14(21)11-6-9(15)7-12(16)13(11)20/h3-8,20H,2H2,1H3,(H,18,21)/b17-8-. The Labute approximate surface area is 138 Å². The molecule has 0 saturated heterocycles. The number of aromatic hydroxyl groups is 1. The molecular formula is C14H13Br2N3O2. The monoisotopic (exact) mass is 413 g/mol. The summed E-state index contributed by atoms with van der Waals surface area (Å²) in [7, 11) is 0. The van der Waals surface area contributed by atoms with Crippen LogP contribution in [0, 0.1) is 0 Å². The molecule has 2 rings (SSSR count). The van der Waals surface area contributed by atoms with E-state index in [2.05, 4.69) is 42.4 Å². The van der Waals surface area contributed by atoms with Gasteiger partial charge in [0.05, 0.1) is 21.9 Å². The summed E-state index contributed by atoms with van der Waals surface area (Å²) in [6.45, 7) is 2.84. The number of carbonyl (C=O) groups excluding carboxylic acids is 1. The summed E-state index contributed by atoms with van der Waals surface area (Å²) in [5, 5.41) is 13.8. The van der Waals surface area contributed by atoms with Gasteiger partial charge in [-0.3, -0.25) is 4.79 Å². The highest BCUT2D eigenvalue weighted by Crippen LogP contribution is 2.31. The number of halogens is 2. The van der Waals surface area contributed by atoms with Crippen molar-refractivity contribution >= 4 is 44.0 Å². The van der Waals surface area contributed by atoms with Gasteiger partial charge in [-0.2, -0.15) is 5.10 Å². The molecule has 0 bridgehead atoms. The number of phenolic OH excluding ortho intramolecular Hbond substituents is 1. The van der Waals surface area contributed by atoms with Crippen molar-refractivity contribution in [1.82, 2.24) is 9.99 Å². The lowest BCUT2D eigenvalue weighted by atomic mass is 10.2. The van der Waals surface area contributed by atoms with E-state index in [1.807, 2.05) is 29.8 Å². The Balaban J connectivity index is 2.12. The van der Waals surface area contributed by atoms with E-state index >= 15 is 0 Å². The molecule has 0 aliphatic rings. The smallest absolute Gasteiger partial charge is 0.275 e. The van der Waals surface area contributed by atoms with Gasteiger partial charge in [-0.05, 0) is 47.1 Å². The van der Waals surface area contributed by atoms with E-state index in [-0.39, 0.29) is 11.3 Å². The molecule has 0 aliphatic carbocycles. The van der Waals surface area contributed by atoms with Gasteiger partial charge in [0.15, 0.2) is 0 Å². The number of nitrogens with one attached hydrogen (secondary N) is 1. The molecular weight excluding hydrogens is 402 g/mol. The van der Waals surface area contributed by atoms with Crippen molar-refractivity contribution in [1.29, 1.82) is 0 Å². The number of rotatable bonds is 4. The first-order valence-electron chi connectivity index (χ1n) is 6.19. The molecule has 110 valence electrons. The number of hydrogen-bond donors (Lipinski definition) is 2. The molecule has 1 heterocycles. The van der Waals surface area contributed by atoms with Crippen LogP contribution in [0.1, 0.15) is 23.0 Å². The van der Waals surface area contributed by atoms with Crippen LogP contribution in [0.3, 0.4) is 0 Å². The van der Waals surface area contributed by atoms with E-state index < -0.39 is 5.91 Å². The molecule has 0 radical (unpaired) electrons. The fraction of sp³-hybridized carbons (Fsp3) is 0.143. The molecule has 0 fully saturated rings. The molecule has 1 aromatic heterocycles. The van der Waals surface area contributed by atoms with Crippen molar-refractivity contribution in [2.24, 2.45) is 5.10 Å². The first-order valence-corrected chi connectivity index (χ1v) is 7.78. The third kappa shape index (κ3) is 3.74. The minimum absolute atomic E-state index is 0.122. The Morgan fingerprint density at radius 1 is 1.48 bits per heavy atom. The van der Waals surface area contributed by atoms with Crippen molar-refractivity contribution in [3.63, 3.8) is 0 Å². The minimum Gasteiger partial charge on any atom is -0.506 e. The van der Waals surface area contributed by atoms with Crippen molar-refractivity contribution in [3.05, 3.63) is 50.7 Å². The first kappa shape index (κ1) is 15.8. The highest BCUT2D eigenvalue weighted by molar-refractivity contribution is 9.11. The van der Waals surface area contributed by atoms with Crippen LogP contribution in [0.2, 0.25) is 0 Å². The predicted molar refractivity (Wildman–Crippen MR) is 88.7 cm³/mol. The largest absolute Gasteiger partial charge is 0.506 e. The summed E-state index contributed by atoms with van der Waals surface area (Å²) in [4.78, 5) is 12.0. The normalized spacial score (nSPS) is 11.0. The van der Waals surface area contributed by atoms with Gasteiger partial charge in [-0.15, -0.1) is 0 Å². The molecule has 0 atom stereocenters. The molecule has 5 nitrogen and oxygen atoms in total. The number of benzene rings is 1. The number of aryl methyl sites for hydroxylation is 1. The average molecular weight is 415 g/mol. The Hall–Kier alpha value is -1.60. The van der Waals surface area contributed by atoms with E-state index in [9.17, 15) is 9.90 Å². The topological polar surface area (TPSA) is 66.6 Å². The zero-order chi connectivity index (χ0) is 15.4. The van der Waals surface area contributed by atoms with Gasteiger partial charge in [-0.25, -0.2) is 5.43 Å². The fourth-order valence-electron chi connectivity index (χ4n) is 1.79. The van der Waals surface area contributed by atoms with Gasteiger partial charge in [0, 0.05) is 17.2 Å². The predicted octanol–water partition coefficient (Wildman–Crippen LogP) is 3.50. The molecule has 0 unspecified atom stereocenters. The van der Waals surface area contributed by atoms with Crippen molar-refractivity contribution in [2.75, 3.05) is 0 Å². The molecule has 1 aromatic carbocycles. The van der Waals surface area contributed by atoms with Crippen LogP contribution in [0.15, 0.2) is 44.5 Å². The van der Waals surface area contributed by atoms with Crippen molar-refractivity contribution < 1.29 is 9.90 Å². The van der Waals surface area contributed by atoms with Gasteiger partial charge < -0.3 is 9.67 Å². The maximum Gasteiger partial charge on any atom is 0.275 e. The summed E-state index contributed by atoms with van der Waals surface area (Å²) in [6.07, 6.45) is 3.49. The first-order chi connectivity index (χ1) is 10.0. The van der Waals surface area contributed by atoms with Crippen LogP contribution in [0.25, 0.3) is 0 Å². The summed E-state index contributed by atoms with van der Waals surface area (Å²) in [5.41, 5.74) is 3.42. The quantitative estimate of drug-likeness (QED) is 0.593. The van der Waals surface area contributed by atoms with E-state index in [1.54, 1.807) is 12.3 Å². The fourth-order valence-corrected chi connectivity index (χ4v) is 3.01. The molecule has 21 heavy (non-hydrogen) atoms. The maximum atomic E-state index is 12.0. The molecule has 1 amide bonds. The Bertz CT molecular complexity index is 696. The Kier molecular flexibility index (Phi) is 5.19. The van der Waals surface area contributed by atoms with Gasteiger partial charge >= 0.3 is 0 Å². The highest BCUT2D eigenvalue weighted by Gasteiger charge is 2.14. The van der Waals surface area contributed by atoms with Crippen LogP contribution in [0.5, 0.6) is 5.75 Å². The lowest BCUT2D eigenvalue weighted by molar-refractivity contribution is 0.0952. The highest BCUT2D eigenvalue weighted by atomic mass is 79.9. The Morgan fingerprint density at radius 3 is 2.95 bits per heavy atom. The third-order valence-electron chi connectivity index (χ3n) is 2.84. The second-order valence-electron chi connectivity index (χ2n) is 4.20. The molecule has 2 aromatic rings. The summed E-state index contributed by atoms with van der Waals surface area (Å²) in [6, 6.07) is 6.99. The summed E-state index contributed by atoms with van der Waals surface area (Å²) in [5.74, 6) is -0.608. The number of hydrogen-bond acceptors (Lipinski definition) is 3. The zero-order valence-corrected chi connectivity index (χ0v) is 14.3. The Morgan fingerprint density at radius 2 is 2.24 bits per heavy atom. The number of phenols is 1. The summed E-state index contributed by atoms with van der Waals surface area (Å²) >= 11 is 6.45. The maximum absolute atomic E-state index is 12.0. The van der Waals surface area contributed by atoms with Crippen LogP contribution < -0.4 is 5.43 Å². The van der Waals surface area contributed by atoms with Crippen LogP contribution in [-0.2, 0) is 6.54 Å². The van der Waals surface area contributed by atoms with E-state index in [4.69, 9.17) is 0 Å². The van der Waals surface area contributed by atoms with Gasteiger partial charge in [0.25, 0.3) is 5.91 Å². The van der Waals surface area contributed by atoms with Crippen LogP contribution >= 0.6 is 31.9 Å². The van der Waals surface area contributed by atoms with Crippen molar-refractivity contribution in [2.45, 2.75) is 13.5 Å². The van der Waals surface area contributed by atoms with Crippen LogP contribution in [0.4, 0.5) is 0 Å². The number of aromatic nitrogens is 1. The van der Waals surface area contributed by atoms with Gasteiger partial charge in [0.2, 0.25) is 0 Å². The van der Waals surface area contributed by atoms with E-state index in [1.165, 1.54) is 6.07 Å². The lowest BCUT2D eigenvalue weighted by Crippen LogP contribution is -2.18. The second-order valence-corrected chi connectivity index (χ2v) is 5.97. The number of carbonyl (C=O) groups is 1. The SMILES string of the molecule is CCn1cccc1/C=N\NC(=O)c1cc(Br)cc(Br)c1O. The van der Waals surface area contributed by atoms with Crippen LogP contribution in [-0.4, -0.2) is 21.8 Å². The second kappa shape index (κ2) is 6.91. The van der Waals surface area contributed by atoms with E-state index in [0.717, 1.165) is 12.2 Å². The summed E-state index contributed by atoms with van der Waals surface area (Å²) < 4.78 is 3.11. The molecule has 7 heteroatoms. The number of amides is 1. The minimum atomic E-state index is -0.486. The lowest BCUT2D eigenvalue weighted by Gasteiger charge is -2.06. The third-order valence-corrected chi connectivity index (χ3v) is 3.90. The molecule has 0 aliphatic heterocycles. The van der Waals surface area contributed by atoms with E-state index in [0.29, 0.717) is 8.95 Å². The van der Waals surface area contributed by atoms with Gasteiger partial charge in [-0.1, -0.05) is 15.9 Å². The number of hydrazone groups is 1. The van der Waals surface area contributed by atoms with Gasteiger partial charge in [0.1, 0.15) is 5.75 Å². The zero-order valence-electron chi connectivity index (χ0n) is 11.2. The molecule has 2 N–H and O–H groups in total. The van der Waals surface area contributed by atoms with Crippen molar-refractivity contribution in [3.8, 4) is 5.75 Å². The average Bonchev–Trinajstić information content (AvgIpc) is 2.90. The molecule has 0 saturated carbocycles. The molecule has 0 spiro atoms.